The Morgan fingerprint density at radius 1 is 1.05 bits per heavy atom. The maximum atomic E-state index is 12.2. The van der Waals surface area contributed by atoms with Crippen LogP contribution in [-0.2, 0) is 0 Å². The molecule has 0 saturated carbocycles. The number of aryl methyl sites for hydroxylation is 1. The van der Waals surface area contributed by atoms with Crippen LogP contribution in [-0.4, -0.2) is 15.9 Å². The molecule has 0 spiro atoms. The summed E-state index contributed by atoms with van der Waals surface area (Å²) in [5.74, 6) is -0.188. The van der Waals surface area contributed by atoms with Gasteiger partial charge in [0.05, 0.1) is 5.52 Å². The number of para-hydroxylation sites is 1. The highest BCUT2D eigenvalue weighted by Crippen LogP contribution is 2.16. The number of fused-ring (bicyclic) bond motifs is 1. The van der Waals surface area contributed by atoms with Crippen LogP contribution in [0.1, 0.15) is 16.3 Å². The van der Waals surface area contributed by atoms with Crippen molar-refractivity contribution in [3.63, 3.8) is 0 Å². The van der Waals surface area contributed by atoms with E-state index in [0.29, 0.717) is 10.7 Å². The van der Waals surface area contributed by atoms with E-state index in [1.807, 2.05) is 31.2 Å². The third kappa shape index (κ3) is 2.85. The number of nitrogens with one attached hydrogen (secondary N) is 1. The van der Waals surface area contributed by atoms with Gasteiger partial charge < -0.3 is 5.32 Å². The SMILES string of the molecule is Cc1nc(C(=O)Nc2ccc(Cl)cc2)nc2ccccc12. The van der Waals surface area contributed by atoms with Gasteiger partial charge in [0.2, 0.25) is 5.82 Å². The number of amides is 1. The highest BCUT2D eigenvalue weighted by Gasteiger charge is 2.12. The van der Waals surface area contributed by atoms with Crippen LogP contribution >= 0.6 is 11.6 Å². The van der Waals surface area contributed by atoms with E-state index in [2.05, 4.69) is 15.3 Å². The molecule has 5 heteroatoms. The van der Waals surface area contributed by atoms with E-state index in [1.165, 1.54) is 0 Å². The zero-order chi connectivity index (χ0) is 14.8. The lowest BCUT2D eigenvalue weighted by Gasteiger charge is -2.07. The van der Waals surface area contributed by atoms with Crippen LogP contribution in [0.4, 0.5) is 5.69 Å². The van der Waals surface area contributed by atoms with Crippen molar-refractivity contribution in [3.05, 3.63) is 65.1 Å². The molecule has 0 aliphatic heterocycles. The van der Waals surface area contributed by atoms with E-state index in [9.17, 15) is 4.79 Å². The topological polar surface area (TPSA) is 54.9 Å². The number of carbonyl (C=O) groups is 1. The van der Waals surface area contributed by atoms with Crippen molar-refractivity contribution in [3.8, 4) is 0 Å². The molecule has 0 bridgehead atoms. The summed E-state index contributed by atoms with van der Waals surface area (Å²) in [6.07, 6.45) is 0. The molecular weight excluding hydrogens is 286 g/mol. The lowest BCUT2D eigenvalue weighted by molar-refractivity contribution is 0.101. The third-order valence-electron chi connectivity index (χ3n) is 3.10. The van der Waals surface area contributed by atoms with Gasteiger partial charge in [0.15, 0.2) is 0 Å². The van der Waals surface area contributed by atoms with Gasteiger partial charge >= 0.3 is 0 Å². The molecule has 1 heterocycles. The van der Waals surface area contributed by atoms with Gasteiger partial charge in [0, 0.05) is 21.8 Å². The first kappa shape index (κ1) is 13.5. The third-order valence-corrected chi connectivity index (χ3v) is 3.35. The van der Waals surface area contributed by atoms with Gasteiger partial charge in [-0.15, -0.1) is 0 Å². The summed E-state index contributed by atoms with van der Waals surface area (Å²) in [4.78, 5) is 20.8. The van der Waals surface area contributed by atoms with Gasteiger partial charge in [0.25, 0.3) is 5.91 Å². The van der Waals surface area contributed by atoms with E-state index < -0.39 is 0 Å². The first-order chi connectivity index (χ1) is 10.1. The van der Waals surface area contributed by atoms with Crippen LogP contribution in [0.3, 0.4) is 0 Å². The predicted octanol–water partition coefficient (Wildman–Crippen LogP) is 3.84. The number of rotatable bonds is 2. The number of carbonyl (C=O) groups excluding carboxylic acids is 1. The second-order valence-electron chi connectivity index (χ2n) is 4.61. The highest BCUT2D eigenvalue weighted by atomic mass is 35.5. The standard InChI is InChI=1S/C16H12ClN3O/c1-10-13-4-2-3-5-14(13)20-15(18-10)16(21)19-12-8-6-11(17)7-9-12/h2-9H,1H3,(H,19,21). The molecule has 1 amide bonds. The summed E-state index contributed by atoms with van der Waals surface area (Å²) in [6.45, 7) is 1.86. The maximum Gasteiger partial charge on any atom is 0.293 e. The Morgan fingerprint density at radius 2 is 1.76 bits per heavy atom. The van der Waals surface area contributed by atoms with Crippen molar-refractivity contribution < 1.29 is 4.79 Å². The molecule has 0 unspecified atom stereocenters. The molecule has 1 aromatic heterocycles. The van der Waals surface area contributed by atoms with Gasteiger partial charge in [0.1, 0.15) is 0 Å². The zero-order valence-electron chi connectivity index (χ0n) is 11.3. The molecule has 3 aromatic rings. The summed E-state index contributed by atoms with van der Waals surface area (Å²) in [6, 6.07) is 14.5. The van der Waals surface area contributed by atoms with Crippen LogP contribution in [0, 0.1) is 6.92 Å². The summed E-state index contributed by atoms with van der Waals surface area (Å²) in [5.41, 5.74) is 2.19. The molecule has 3 rings (SSSR count). The van der Waals surface area contributed by atoms with Crippen molar-refractivity contribution in [1.29, 1.82) is 0 Å². The van der Waals surface area contributed by atoms with Crippen molar-refractivity contribution in [2.24, 2.45) is 0 Å². The number of benzene rings is 2. The Kier molecular flexibility index (Phi) is 3.54. The van der Waals surface area contributed by atoms with Crippen LogP contribution in [0.5, 0.6) is 0 Å². The van der Waals surface area contributed by atoms with Gasteiger partial charge in [-0.25, -0.2) is 9.97 Å². The summed E-state index contributed by atoms with van der Waals surface area (Å²) in [7, 11) is 0. The van der Waals surface area contributed by atoms with Crippen molar-refractivity contribution >= 4 is 34.1 Å². The lowest BCUT2D eigenvalue weighted by Crippen LogP contribution is -2.16. The lowest BCUT2D eigenvalue weighted by atomic mass is 10.2. The number of nitrogens with zero attached hydrogens (tertiary/aromatic N) is 2. The molecule has 4 nitrogen and oxygen atoms in total. The minimum absolute atomic E-state index is 0.154. The largest absolute Gasteiger partial charge is 0.319 e. The molecule has 0 radical (unpaired) electrons. The van der Waals surface area contributed by atoms with E-state index in [-0.39, 0.29) is 11.7 Å². The minimum atomic E-state index is -0.342. The highest BCUT2D eigenvalue weighted by molar-refractivity contribution is 6.30. The molecule has 0 saturated heterocycles. The molecule has 21 heavy (non-hydrogen) atoms. The summed E-state index contributed by atoms with van der Waals surface area (Å²) in [5, 5.41) is 4.32. The normalized spacial score (nSPS) is 10.6. The fraction of sp³-hybridized carbons (Fsp3) is 0.0625. The van der Waals surface area contributed by atoms with Crippen molar-refractivity contribution in [2.45, 2.75) is 6.92 Å². The molecular formula is C16H12ClN3O. The molecule has 0 fully saturated rings. The van der Waals surface area contributed by atoms with Gasteiger partial charge in [-0.3, -0.25) is 4.79 Å². The van der Waals surface area contributed by atoms with E-state index in [4.69, 9.17) is 11.6 Å². The fourth-order valence-corrected chi connectivity index (χ4v) is 2.18. The maximum absolute atomic E-state index is 12.2. The quantitative estimate of drug-likeness (QED) is 0.782. The molecule has 2 aromatic carbocycles. The predicted molar refractivity (Wildman–Crippen MR) is 83.7 cm³/mol. The van der Waals surface area contributed by atoms with Crippen LogP contribution in [0.15, 0.2) is 48.5 Å². The average molecular weight is 298 g/mol. The van der Waals surface area contributed by atoms with Gasteiger partial charge in [-0.05, 0) is 37.3 Å². The molecule has 0 aliphatic rings. The van der Waals surface area contributed by atoms with Crippen molar-refractivity contribution in [2.75, 3.05) is 5.32 Å². The van der Waals surface area contributed by atoms with Crippen LogP contribution in [0.25, 0.3) is 10.9 Å². The number of hydrogen-bond acceptors (Lipinski definition) is 3. The van der Waals surface area contributed by atoms with Crippen LogP contribution in [0.2, 0.25) is 5.02 Å². The number of anilines is 1. The van der Waals surface area contributed by atoms with E-state index in [0.717, 1.165) is 16.6 Å². The fourth-order valence-electron chi connectivity index (χ4n) is 2.06. The first-order valence-corrected chi connectivity index (χ1v) is 6.81. The second kappa shape index (κ2) is 5.50. The molecule has 104 valence electrons. The number of hydrogen-bond donors (Lipinski definition) is 1. The van der Waals surface area contributed by atoms with Crippen LogP contribution < -0.4 is 5.32 Å². The Bertz CT molecular complexity index is 815. The summed E-state index contributed by atoms with van der Waals surface area (Å²) >= 11 is 5.81. The van der Waals surface area contributed by atoms with Crippen molar-refractivity contribution in [1.82, 2.24) is 9.97 Å². The van der Waals surface area contributed by atoms with E-state index in [1.54, 1.807) is 24.3 Å². The Labute approximate surface area is 126 Å². The minimum Gasteiger partial charge on any atom is -0.319 e. The van der Waals surface area contributed by atoms with Gasteiger partial charge in [-0.1, -0.05) is 29.8 Å². The first-order valence-electron chi connectivity index (χ1n) is 6.44. The Hall–Kier alpha value is -2.46. The van der Waals surface area contributed by atoms with Gasteiger partial charge in [-0.2, -0.15) is 0 Å². The monoisotopic (exact) mass is 297 g/mol. The average Bonchev–Trinajstić information content (AvgIpc) is 2.49. The van der Waals surface area contributed by atoms with E-state index >= 15 is 0 Å². The number of aromatic nitrogens is 2. The number of halogens is 1. The zero-order valence-corrected chi connectivity index (χ0v) is 12.1. The Morgan fingerprint density at radius 3 is 2.52 bits per heavy atom. The molecule has 0 aliphatic carbocycles. The summed E-state index contributed by atoms with van der Waals surface area (Å²) < 4.78 is 0. The molecule has 1 N–H and O–H groups in total. The Balaban J connectivity index is 1.92. The molecule has 0 atom stereocenters. The second-order valence-corrected chi connectivity index (χ2v) is 5.05. The smallest absolute Gasteiger partial charge is 0.293 e.